The van der Waals surface area contributed by atoms with Crippen molar-refractivity contribution in [2.24, 2.45) is 0 Å². The van der Waals surface area contributed by atoms with Crippen LogP contribution in [0.15, 0.2) is 36.4 Å². The molecule has 0 fully saturated rings. The highest BCUT2D eigenvalue weighted by molar-refractivity contribution is 6.88. The predicted molar refractivity (Wildman–Crippen MR) is 93.2 cm³/mol. The number of benzene rings is 2. The summed E-state index contributed by atoms with van der Waals surface area (Å²) in [6.45, 7) is 7.55. The van der Waals surface area contributed by atoms with Crippen LogP contribution >= 0.6 is 23.2 Å². The van der Waals surface area contributed by atoms with Gasteiger partial charge >= 0.3 is 0 Å². The molecule has 0 radical (unpaired) electrons. The molecule has 0 aromatic heterocycles. The highest BCUT2D eigenvalue weighted by atomic mass is 35.5. The van der Waals surface area contributed by atoms with Gasteiger partial charge in [-0.25, -0.2) is 4.39 Å². The van der Waals surface area contributed by atoms with Crippen LogP contribution in [0.5, 0.6) is 0 Å². The molecule has 0 bridgehead atoms. The summed E-state index contributed by atoms with van der Waals surface area (Å²) in [6.07, 6.45) is 0. The molecule has 1 nitrogen and oxygen atoms in total. The van der Waals surface area contributed by atoms with Crippen LogP contribution in [0.2, 0.25) is 29.7 Å². The Labute approximate surface area is 136 Å². The van der Waals surface area contributed by atoms with Crippen LogP contribution in [0.3, 0.4) is 0 Å². The van der Waals surface area contributed by atoms with Gasteiger partial charge in [0.15, 0.2) is 0 Å². The maximum Gasteiger partial charge on any atom is 0.126 e. The number of rotatable bonds is 4. The zero-order chi connectivity index (χ0) is 15.6. The third-order valence-corrected chi connectivity index (χ3v) is 5.96. The van der Waals surface area contributed by atoms with Gasteiger partial charge < -0.3 is 5.32 Å². The average molecular weight is 342 g/mol. The number of anilines is 1. The third kappa shape index (κ3) is 4.22. The van der Waals surface area contributed by atoms with Crippen LogP contribution in [0.25, 0.3) is 0 Å². The first-order valence-corrected chi connectivity index (χ1v) is 11.0. The minimum absolute atomic E-state index is 0.290. The summed E-state index contributed by atoms with van der Waals surface area (Å²) in [4.78, 5) is 0. The van der Waals surface area contributed by atoms with E-state index < -0.39 is 13.9 Å². The lowest BCUT2D eigenvalue weighted by molar-refractivity contribution is 0.628. The summed E-state index contributed by atoms with van der Waals surface area (Å²) in [7, 11) is -1.27. The Morgan fingerprint density at radius 1 is 1.00 bits per heavy atom. The minimum Gasteiger partial charge on any atom is -0.379 e. The highest BCUT2D eigenvalue weighted by Crippen LogP contribution is 2.31. The predicted octanol–water partition coefficient (Wildman–Crippen LogP) is 5.29. The van der Waals surface area contributed by atoms with E-state index in [1.54, 1.807) is 0 Å². The molecule has 0 saturated carbocycles. The second-order valence-corrected chi connectivity index (χ2v) is 11.9. The van der Waals surface area contributed by atoms with Crippen molar-refractivity contribution in [2.75, 3.05) is 5.32 Å². The summed E-state index contributed by atoms with van der Waals surface area (Å²) in [5.74, 6) is -0.435. The number of nitrogens with one attached hydrogen (secondary N) is 1. The normalized spacial score (nSPS) is 11.5. The zero-order valence-electron chi connectivity index (χ0n) is 12.3. The van der Waals surface area contributed by atoms with Crippen LogP contribution in [0.4, 0.5) is 10.1 Å². The lowest BCUT2D eigenvalue weighted by Gasteiger charge is -2.17. The van der Waals surface area contributed by atoms with Crippen molar-refractivity contribution in [2.45, 2.75) is 26.2 Å². The molecule has 0 amide bonds. The van der Waals surface area contributed by atoms with Gasteiger partial charge in [-0.05, 0) is 17.7 Å². The molecule has 0 aliphatic carbocycles. The molecule has 2 rings (SSSR count). The fourth-order valence-corrected chi connectivity index (χ4v) is 3.78. The summed E-state index contributed by atoms with van der Waals surface area (Å²) in [5, 5.41) is 5.17. The molecule has 21 heavy (non-hydrogen) atoms. The third-order valence-electron chi connectivity index (χ3n) is 3.30. The summed E-state index contributed by atoms with van der Waals surface area (Å²) < 4.78 is 13.1. The molecule has 2 aromatic carbocycles. The van der Waals surface area contributed by atoms with Crippen LogP contribution < -0.4 is 10.5 Å². The Bertz CT molecular complexity index is 613. The summed E-state index contributed by atoms with van der Waals surface area (Å²) >= 11 is 12.0. The van der Waals surface area contributed by atoms with E-state index in [9.17, 15) is 4.39 Å². The fourth-order valence-electron chi connectivity index (χ4n) is 2.02. The van der Waals surface area contributed by atoms with E-state index in [1.807, 2.05) is 0 Å². The van der Waals surface area contributed by atoms with Crippen molar-refractivity contribution in [3.63, 3.8) is 0 Å². The van der Waals surface area contributed by atoms with Crippen molar-refractivity contribution in [3.05, 3.63) is 57.8 Å². The van der Waals surface area contributed by atoms with Crippen molar-refractivity contribution >= 4 is 42.1 Å². The topological polar surface area (TPSA) is 12.0 Å². The highest BCUT2D eigenvalue weighted by Gasteiger charge is 2.15. The Kier molecular flexibility index (Phi) is 4.97. The summed E-state index contributed by atoms with van der Waals surface area (Å²) in [6, 6.07) is 11.1. The monoisotopic (exact) mass is 341 g/mol. The van der Waals surface area contributed by atoms with E-state index in [-0.39, 0.29) is 0 Å². The van der Waals surface area contributed by atoms with Gasteiger partial charge in [-0.15, -0.1) is 0 Å². The van der Waals surface area contributed by atoms with E-state index in [2.05, 4.69) is 49.2 Å². The Morgan fingerprint density at radius 2 is 1.52 bits per heavy atom. The van der Waals surface area contributed by atoms with Gasteiger partial charge in [0, 0.05) is 6.54 Å². The molecule has 0 spiro atoms. The maximum atomic E-state index is 13.1. The molecule has 0 unspecified atom stereocenters. The summed E-state index contributed by atoms with van der Waals surface area (Å²) in [5.41, 5.74) is 1.70. The van der Waals surface area contributed by atoms with Crippen LogP contribution in [-0.4, -0.2) is 8.07 Å². The first-order chi connectivity index (χ1) is 9.77. The lowest BCUT2D eigenvalue weighted by Crippen LogP contribution is -2.37. The van der Waals surface area contributed by atoms with Crippen molar-refractivity contribution in [1.29, 1.82) is 0 Å². The first kappa shape index (κ1) is 16.3. The Hall–Kier alpha value is -1.03. The quantitative estimate of drug-likeness (QED) is 0.745. The van der Waals surface area contributed by atoms with Gasteiger partial charge in [-0.2, -0.15) is 0 Å². The van der Waals surface area contributed by atoms with Crippen molar-refractivity contribution in [3.8, 4) is 0 Å². The maximum absolute atomic E-state index is 13.1. The van der Waals surface area contributed by atoms with Crippen LogP contribution in [0, 0.1) is 5.82 Å². The van der Waals surface area contributed by atoms with Gasteiger partial charge in [-0.1, -0.05) is 72.3 Å². The largest absolute Gasteiger partial charge is 0.379 e. The number of halogens is 3. The molecule has 0 heterocycles. The smallest absolute Gasteiger partial charge is 0.126 e. The Morgan fingerprint density at radius 3 is 2.00 bits per heavy atom. The molecule has 2 aromatic rings. The Balaban J connectivity index is 2.10. The molecule has 0 atom stereocenters. The molecule has 0 aliphatic rings. The number of hydrogen-bond donors (Lipinski definition) is 1. The van der Waals surface area contributed by atoms with Gasteiger partial charge in [0.1, 0.15) is 5.82 Å². The molecule has 0 saturated heterocycles. The van der Waals surface area contributed by atoms with E-state index in [0.29, 0.717) is 22.3 Å². The second-order valence-electron chi connectivity index (χ2n) is 6.04. The second kappa shape index (κ2) is 6.38. The van der Waals surface area contributed by atoms with Crippen LogP contribution in [0.1, 0.15) is 5.56 Å². The van der Waals surface area contributed by atoms with E-state index in [1.165, 1.54) is 17.3 Å². The number of hydrogen-bond acceptors (Lipinski definition) is 1. The fraction of sp³-hybridized carbons (Fsp3) is 0.250. The van der Waals surface area contributed by atoms with Crippen LogP contribution in [-0.2, 0) is 6.54 Å². The van der Waals surface area contributed by atoms with Gasteiger partial charge in [0.05, 0.1) is 23.8 Å². The molecular weight excluding hydrogens is 324 g/mol. The molecule has 1 N–H and O–H groups in total. The first-order valence-electron chi connectivity index (χ1n) is 6.75. The molecule has 5 heteroatoms. The SMILES string of the molecule is C[Si](C)(C)c1ccc(CNc2c(Cl)cc(F)cc2Cl)cc1. The van der Waals surface area contributed by atoms with Crippen molar-refractivity contribution in [1.82, 2.24) is 0 Å². The van der Waals surface area contributed by atoms with Gasteiger partial charge in [0.2, 0.25) is 0 Å². The standard InChI is InChI=1S/C16H18Cl2FNSi/c1-21(2,3)13-6-4-11(5-7-13)10-20-16-14(17)8-12(19)9-15(16)18/h4-9,20H,10H2,1-3H3. The van der Waals surface area contributed by atoms with E-state index in [4.69, 9.17) is 23.2 Å². The lowest BCUT2D eigenvalue weighted by atomic mass is 10.2. The minimum atomic E-state index is -1.27. The molecule has 0 aliphatic heterocycles. The average Bonchev–Trinajstić information content (AvgIpc) is 2.37. The van der Waals surface area contributed by atoms with Gasteiger partial charge in [-0.3, -0.25) is 0 Å². The van der Waals surface area contributed by atoms with Crippen molar-refractivity contribution < 1.29 is 4.39 Å². The van der Waals surface area contributed by atoms with E-state index >= 15 is 0 Å². The zero-order valence-corrected chi connectivity index (χ0v) is 14.8. The molecular formula is C16H18Cl2FNSi. The molecule has 112 valence electrons. The van der Waals surface area contributed by atoms with E-state index in [0.717, 1.165) is 5.56 Å². The van der Waals surface area contributed by atoms with Gasteiger partial charge in [0.25, 0.3) is 0 Å².